The second-order valence-electron chi connectivity index (χ2n) is 4.07. The molecule has 0 amide bonds. The van der Waals surface area contributed by atoms with E-state index in [-0.39, 0.29) is 30.6 Å². The smallest absolute Gasteiger partial charge is 0.307 e. The number of nitriles is 1. The van der Waals surface area contributed by atoms with E-state index in [0.717, 1.165) is 0 Å². The number of pyridine rings is 2. The molecule has 128 valence electrons. The van der Waals surface area contributed by atoms with Crippen molar-refractivity contribution in [2.24, 2.45) is 0 Å². The van der Waals surface area contributed by atoms with Gasteiger partial charge in [0.1, 0.15) is 20.6 Å². The van der Waals surface area contributed by atoms with Crippen LogP contribution < -0.4 is 0 Å². The highest BCUT2D eigenvalue weighted by atomic mass is 35.5. The molecule has 0 spiro atoms. The first-order valence-electron chi connectivity index (χ1n) is 6.04. The van der Waals surface area contributed by atoms with Crippen molar-refractivity contribution >= 4 is 52.4 Å². The van der Waals surface area contributed by atoms with E-state index in [4.69, 9.17) is 56.8 Å². The summed E-state index contributed by atoms with van der Waals surface area (Å²) in [5.74, 6) is -0.943. The highest BCUT2D eigenvalue weighted by Crippen LogP contribution is 2.17. The van der Waals surface area contributed by atoms with Crippen molar-refractivity contribution in [3.8, 4) is 6.07 Å². The Morgan fingerprint density at radius 1 is 1.00 bits per heavy atom. The van der Waals surface area contributed by atoms with Crippen LogP contribution in [-0.4, -0.2) is 21.0 Å². The molecule has 0 aliphatic heterocycles. The van der Waals surface area contributed by atoms with Gasteiger partial charge in [0.2, 0.25) is 0 Å². The molecular weight excluding hydrogens is 396 g/mol. The van der Waals surface area contributed by atoms with Gasteiger partial charge in [0.15, 0.2) is 0 Å². The highest BCUT2D eigenvalue weighted by molar-refractivity contribution is 6.33. The van der Waals surface area contributed by atoms with Gasteiger partial charge in [0, 0.05) is 11.1 Å². The van der Waals surface area contributed by atoms with Crippen LogP contribution in [-0.2, 0) is 17.6 Å². The van der Waals surface area contributed by atoms with Crippen LogP contribution in [0.25, 0.3) is 0 Å². The van der Waals surface area contributed by atoms with Gasteiger partial charge in [0.05, 0.1) is 18.9 Å². The van der Waals surface area contributed by atoms with E-state index in [1.54, 1.807) is 18.2 Å². The molecule has 24 heavy (non-hydrogen) atoms. The number of hydrogen-bond acceptors (Lipinski definition) is 4. The topological polar surface area (TPSA) is 86.9 Å². The van der Waals surface area contributed by atoms with Crippen LogP contribution >= 0.6 is 46.4 Å². The summed E-state index contributed by atoms with van der Waals surface area (Å²) >= 11 is 22.3. The van der Waals surface area contributed by atoms with Crippen molar-refractivity contribution in [3.63, 3.8) is 0 Å². The van der Waals surface area contributed by atoms with Crippen molar-refractivity contribution in [1.29, 1.82) is 5.26 Å². The Hall–Kier alpha value is -1.58. The Balaban J connectivity index is 0.000000425. The summed E-state index contributed by atoms with van der Waals surface area (Å²) in [5, 5.41) is 17.8. The highest BCUT2D eigenvalue weighted by Gasteiger charge is 2.06. The predicted molar refractivity (Wildman–Crippen MR) is 95.9 cm³/mol. The Morgan fingerprint density at radius 3 is 1.83 bits per heavy atom. The van der Waals surface area contributed by atoms with Crippen molar-refractivity contribution < 1.29 is 9.90 Å². The van der Waals surface area contributed by atoms with Crippen LogP contribution in [0.1, 0.15) is 18.6 Å². The van der Waals surface area contributed by atoms with Crippen LogP contribution in [0.5, 0.6) is 0 Å². The van der Waals surface area contributed by atoms with Crippen molar-refractivity contribution in [3.05, 3.63) is 56.0 Å². The standard InChI is InChI=1S/C7H4Cl2N2.C7H5Cl2NO2.CH4/c8-6-2-1-5(3-4-10)7(9)11-6;8-5-2-1-4(3-6(11)12)7(9)10-5;/h1-2H,3H2;1-2H,3H2,(H,11,12);1H4. The maximum atomic E-state index is 10.3. The molecule has 0 bridgehead atoms. The van der Waals surface area contributed by atoms with Gasteiger partial charge < -0.3 is 5.11 Å². The Morgan fingerprint density at radius 2 is 1.46 bits per heavy atom. The van der Waals surface area contributed by atoms with Crippen LogP contribution in [0.3, 0.4) is 0 Å². The van der Waals surface area contributed by atoms with Crippen LogP contribution in [0.4, 0.5) is 0 Å². The van der Waals surface area contributed by atoms with Gasteiger partial charge >= 0.3 is 5.97 Å². The van der Waals surface area contributed by atoms with E-state index >= 15 is 0 Å². The zero-order valence-corrected chi connectivity index (χ0v) is 14.5. The normalized spacial score (nSPS) is 9.12. The summed E-state index contributed by atoms with van der Waals surface area (Å²) in [7, 11) is 0. The van der Waals surface area contributed by atoms with E-state index < -0.39 is 5.97 Å². The van der Waals surface area contributed by atoms with Gasteiger partial charge in [-0.1, -0.05) is 66.0 Å². The maximum Gasteiger partial charge on any atom is 0.307 e. The molecular formula is C15H13Cl4N3O2. The molecule has 9 heteroatoms. The number of carbonyl (C=O) groups is 1. The maximum absolute atomic E-state index is 10.3. The van der Waals surface area contributed by atoms with Crippen molar-refractivity contribution in [2.45, 2.75) is 20.3 Å². The minimum absolute atomic E-state index is 0. The summed E-state index contributed by atoms with van der Waals surface area (Å²) in [4.78, 5) is 17.8. The monoisotopic (exact) mass is 407 g/mol. The fourth-order valence-electron chi connectivity index (χ4n) is 1.39. The Bertz CT molecular complexity index is 748. The van der Waals surface area contributed by atoms with Crippen LogP contribution in [0, 0.1) is 11.3 Å². The van der Waals surface area contributed by atoms with E-state index in [1.165, 1.54) is 6.07 Å². The third-order valence-electron chi connectivity index (χ3n) is 2.40. The first-order valence-corrected chi connectivity index (χ1v) is 7.55. The average Bonchev–Trinajstić information content (AvgIpc) is 2.46. The van der Waals surface area contributed by atoms with E-state index in [9.17, 15) is 4.79 Å². The molecule has 0 aliphatic carbocycles. The quantitative estimate of drug-likeness (QED) is 0.713. The number of halogens is 4. The minimum Gasteiger partial charge on any atom is -0.481 e. The predicted octanol–water partition coefficient (Wildman–Crippen LogP) is 5.11. The first-order chi connectivity index (χ1) is 10.8. The van der Waals surface area contributed by atoms with Crippen LogP contribution in [0.2, 0.25) is 20.6 Å². The Kier molecular flexibility index (Phi) is 10.3. The van der Waals surface area contributed by atoms with Gasteiger partial charge in [-0.25, -0.2) is 9.97 Å². The SMILES string of the molecule is C.N#CCc1ccc(Cl)nc1Cl.O=C(O)Cc1ccc(Cl)nc1Cl. The number of nitrogens with zero attached hydrogens (tertiary/aromatic N) is 3. The third-order valence-corrected chi connectivity index (χ3v) is 3.47. The summed E-state index contributed by atoms with van der Waals surface area (Å²) in [6.45, 7) is 0. The number of aromatic nitrogens is 2. The number of carboxylic acids is 1. The number of hydrogen-bond donors (Lipinski definition) is 1. The zero-order chi connectivity index (χ0) is 17.4. The number of rotatable bonds is 3. The lowest BCUT2D eigenvalue weighted by molar-refractivity contribution is -0.136. The second-order valence-corrected chi connectivity index (χ2v) is 5.56. The molecule has 0 aliphatic rings. The molecule has 0 saturated carbocycles. The van der Waals surface area contributed by atoms with Crippen molar-refractivity contribution in [1.82, 2.24) is 9.97 Å². The van der Waals surface area contributed by atoms with Gasteiger partial charge in [-0.05, 0) is 12.1 Å². The van der Waals surface area contributed by atoms with E-state index in [2.05, 4.69) is 9.97 Å². The molecule has 0 aromatic carbocycles. The van der Waals surface area contributed by atoms with Gasteiger partial charge in [-0.3, -0.25) is 4.79 Å². The van der Waals surface area contributed by atoms with E-state index in [0.29, 0.717) is 21.4 Å². The molecule has 2 aromatic heterocycles. The van der Waals surface area contributed by atoms with Gasteiger partial charge in [0.25, 0.3) is 0 Å². The molecule has 5 nitrogen and oxygen atoms in total. The lowest BCUT2D eigenvalue weighted by atomic mass is 10.2. The largest absolute Gasteiger partial charge is 0.481 e. The summed E-state index contributed by atoms with van der Waals surface area (Å²) in [6.07, 6.45) is 0.131. The number of carboxylic acid groups (broad SMARTS) is 1. The molecule has 2 aromatic rings. The van der Waals surface area contributed by atoms with Gasteiger partial charge in [-0.15, -0.1) is 0 Å². The summed E-state index contributed by atoms with van der Waals surface area (Å²) < 4.78 is 0. The van der Waals surface area contributed by atoms with Crippen molar-refractivity contribution in [2.75, 3.05) is 0 Å². The zero-order valence-electron chi connectivity index (χ0n) is 11.4. The van der Waals surface area contributed by atoms with E-state index in [1.807, 2.05) is 6.07 Å². The lowest BCUT2D eigenvalue weighted by Gasteiger charge is -1.99. The average molecular weight is 409 g/mol. The fourth-order valence-corrected chi connectivity index (χ4v) is 2.22. The molecule has 2 rings (SSSR count). The molecule has 1 N–H and O–H groups in total. The molecule has 0 saturated heterocycles. The number of aliphatic carboxylic acids is 1. The second kappa shape index (κ2) is 11.1. The third kappa shape index (κ3) is 7.80. The fraction of sp³-hybridized carbons (Fsp3) is 0.200. The Labute approximate surface area is 159 Å². The summed E-state index contributed by atoms with van der Waals surface area (Å²) in [5.41, 5.74) is 1.17. The first kappa shape index (κ1) is 22.4. The molecule has 0 radical (unpaired) electrons. The van der Waals surface area contributed by atoms with Gasteiger partial charge in [-0.2, -0.15) is 5.26 Å². The summed E-state index contributed by atoms with van der Waals surface area (Å²) in [6, 6.07) is 8.34. The minimum atomic E-state index is -0.943. The molecule has 2 heterocycles. The molecule has 0 fully saturated rings. The lowest BCUT2D eigenvalue weighted by Crippen LogP contribution is -2.01. The van der Waals surface area contributed by atoms with Crippen LogP contribution in [0.15, 0.2) is 24.3 Å². The molecule has 0 unspecified atom stereocenters. The molecule has 0 atom stereocenters.